The highest BCUT2D eigenvalue weighted by molar-refractivity contribution is 5.92. The van der Waals surface area contributed by atoms with Crippen LogP contribution in [-0.2, 0) is 0 Å². The van der Waals surface area contributed by atoms with Crippen LogP contribution in [0.2, 0.25) is 0 Å². The van der Waals surface area contributed by atoms with Crippen LogP contribution in [-0.4, -0.2) is 15.0 Å². The number of fused-ring (bicyclic) bond motifs is 1. The van der Waals surface area contributed by atoms with Gasteiger partial charge in [-0.1, -0.05) is 36.4 Å². The number of rotatable bonds is 4. The number of benzene rings is 2. The Morgan fingerprint density at radius 3 is 2.46 bits per heavy atom. The lowest BCUT2D eigenvalue weighted by molar-refractivity contribution is 0.876. The highest BCUT2D eigenvalue weighted by Gasteiger charge is 2.10. The van der Waals surface area contributed by atoms with Gasteiger partial charge in [0.2, 0.25) is 0 Å². The van der Waals surface area contributed by atoms with Gasteiger partial charge in [-0.15, -0.1) is 0 Å². The number of nitrogens with zero attached hydrogens (tertiary/aromatic N) is 3. The fraction of sp³-hybridized carbons (Fsp3) is 0.0952. The van der Waals surface area contributed by atoms with Crippen molar-refractivity contribution in [2.45, 2.75) is 13.0 Å². The molecule has 4 rings (SSSR count). The summed E-state index contributed by atoms with van der Waals surface area (Å²) in [6, 6.07) is 20.3. The molecule has 5 nitrogen and oxygen atoms in total. The van der Waals surface area contributed by atoms with E-state index in [0.717, 1.165) is 27.8 Å². The van der Waals surface area contributed by atoms with Crippen LogP contribution in [0.5, 0.6) is 0 Å². The molecule has 3 N–H and O–H groups in total. The normalized spacial score (nSPS) is 12.0. The molecule has 0 amide bonds. The van der Waals surface area contributed by atoms with E-state index in [1.54, 1.807) is 18.6 Å². The van der Waals surface area contributed by atoms with Crippen LogP contribution in [0.15, 0.2) is 73.2 Å². The lowest BCUT2D eigenvalue weighted by atomic mass is 10.0. The number of nitrogens with one attached hydrogen (secondary N) is 1. The summed E-state index contributed by atoms with van der Waals surface area (Å²) in [6.45, 7) is 2.12. The minimum absolute atomic E-state index is 0.135. The predicted molar refractivity (Wildman–Crippen MR) is 106 cm³/mol. The molecule has 0 saturated carbocycles. The van der Waals surface area contributed by atoms with Crippen LogP contribution in [0.4, 0.5) is 11.6 Å². The van der Waals surface area contributed by atoms with E-state index in [2.05, 4.69) is 45.4 Å². The van der Waals surface area contributed by atoms with Gasteiger partial charge in [-0.05, 0) is 42.3 Å². The number of nitrogen functional groups attached to an aromatic ring is 1. The van der Waals surface area contributed by atoms with Crippen molar-refractivity contribution in [3.63, 3.8) is 0 Å². The van der Waals surface area contributed by atoms with E-state index in [1.807, 2.05) is 36.4 Å². The van der Waals surface area contributed by atoms with Gasteiger partial charge in [0, 0.05) is 23.2 Å². The smallest absolute Gasteiger partial charge is 0.137 e. The second-order valence-electron chi connectivity index (χ2n) is 6.20. The number of anilines is 2. The van der Waals surface area contributed by atoms with Crippen molar-refractivity contribution in [2.75, 3.05) is 11.1 Å². The van der Waals surface area contributed by atoms with E-state index >= 15 is 0 Å². The van der Waals surface area contributed by atoms with Crippen LogP contribution in [0.25, 0.3) is 22.0 Å². The number of nitrogens with two attached hydrogens (primary N) is 1. The summed E-state index contributed by atoms with van der Waals surface area (Å²) in [6.07, 6.45) is 3.37. The summed E-state index contributed by atoms with van der Waals surface area (Å²) < 4.78 is 0. The zero-order chi connectivity index (χ0) is 17.9. The topological polar surface area (TPSA) is 76.7 Å². The van der Waals surface area contributed by atoms with Crippen LogP contribution in [0.1, 0.15) is 18.5 Å². The molecule has 0 fully saturated rings. The molecular formula is C21H19N5. The molecule has 0 bridgehead atoms. The van der Waals surface area contributed by atoms with Crippen molar-refractivity contribution in [3.8, 4) is 11.1 Å². The van der Waals surface area contributed by atoms with Gasteiger partial charge in [0.1, 0.15) is 18.0 Å². The van der Waals surface area contributed by atoms with Gasteiger partial charge >= 0.3 is 0 Å². The summed E-state index contributed by atoms with van der Waals surface area (Å²) in [7, 11) is 0. The molecule has 2 aromatic heterocycles. The number of hydrogen-bond donors (Lipinski definition) is 2. The van der Waals surface area contributed by atoms with E-state index < -0.39 is 0 Å². The number of aromatic nitrogens is 3. The van der Waals surface area contributed by atoms with Gasteiger partial charge in [0.05, 0.1) is 5.52 Å². The average molecular weight is 341 g/mol. The van der Waals surface area contributed by atoms with Gasteiger partial charge in [-0.2, -0.15) is 0 Å². The molecule has 4 aromatic rings. The Balaban J connectivity index is 1.73. The van der Waals surface area contributed by atoms with E-state index in [4.69, 9.17) is 5.73 Å². The Labute approximate surface area is 152 Å². The molecule has 1 atom stereocenters. The largest absolute Gasteiger partial charge is 0.384 e. The molecule has 0 radical (unpaired) electrons. The first-order valence-electron chi connectivity index (χ1n) is 8.49. The Morgan fingerprint density at radius 1 is 0.885 bits per heavy atom. The van der Waals surface area contributed by atoms with Crippen molar-refractivity contribution < 1.29 is 0 Å². The first-order chi connectivity index (χ1) is 12.7. The summed E-state index contributed by atoms with van der Waals surface area (Å²) in [4.78, 5) is 13.0. The molecule has 26 heavy (non-hydrogen) atoms. The minimum Gasteiger partial charge on any atom is -0.384 e. The van der Waals surface area contributed by atoms with Crippen molar-refractivity contribution in [3.05, 3.63) is 78.8 Å². The lowest BCUT2D eigenvalue weighted by Crippen LogP contribution is -2.08. The molecule has 128 valence electrons. The second-order valence-corrected chi connectivity index (χ2v) is 6.20. The molecule has 0 aliphatic heterocycles. The third-order valence-electron chi connectivity index (χ3n) is 4.41. The molecule has 0 aliphatic carbocycles. The van der Waals surface area contributed by atoms with Gasteiger partial charge in [0.15, 0.2) is 0 Å². The maximum Gasteiger partial charge on any atom is 0.137 e. The summed E-state index contributed by atoms with van der Waals surface area (Å²) in [5.41, 5.74) is 9.85. The Bertz CT molecular complexity index is 1030. The zero-order valence-corrected chi connectivity index (χ0v) is 14.4. The standard InChI is InChI=1S/C21H19N5/c1-14(15-5-3-2-4-6-15)26-21-18-11-16(7-9-19(18)24-13-25-21)17-8-10-20(22)23-12-17/h2-14H,1H3,(H2,22,23)(H,24,25,26). The summed E-state index contributed by atoms with van der Waals surface area (Å²) >= 11 is 0. The van der Waals surface area contributed by atoms with Crippen molar-refractivity contribution in [1.29, 1.82) is 0 Å². The van der Waals surface area contributed by atoms with E-state index in [0.29, 0.717) is 5.82 Å². The van der Waals surface area contributed by atoms with Crippen molar-refractivity contribution >= 4 is 22.5 Å². The second kappa shape index (κ2) is 6.80. The van der Waals surface area contributed by atoms with Crippen LogP contribution >= 0.6 is 0 Å². The Kier molecular flexibility index (Phi) is 4.19. The number of pyridine rings is 1. The van der Waals surface area contributed by atoms with Gasteiger partial charge in [-0.25, -0.2) is 15.0 Å². The third-order valence-corrected chi connectivity index (χ3v) is 4.41. The summed E-state index contributed by atoms with van der Waals surface area (Å²) in [5.74, 6) is 1.33. The SMILES string of the molecule is CC(Nc1ncnc2ccc(-c3ccc(N)nc3)cc12)c1ccccc1. The molecule has 2 aromatic carbocycles. The first kappa shape index (κ1) is 16.0. The van der Waals surface area contributed by atoms with Crippen molar-refractivity contribution in [1.82, 2.24) is 15.0 Å². The Morgan fingerprint density at radius 2 is 1.69 bits per heavy atom. The third kappa shape index (κ3) is 3.19. The average Bonchev–Trinajstić information content (AvgIpc) is 2.69. The molecule has 5 heteroatoms. The molecule has 0 spiro atoms. The number of hydrogen-bond acceptors (Lipinski definition) is 5. The van der Waals surface area contributed by atoms with Crippen LogP contribution in [0, 0.1) is 0 Å². The quantitative estimate of drug-likeness (QED) is 0.573. The fourth-order valence-electron chi connectivity index (χ4n) is 2.96. The lowest BCUT2D eigenvalue weighted by Gasteiger charge is -2.16. The van der Waals surface area contributed by atoms with Crippen molar-refractivity contribution in [2.24, 2.45) is 0 Å². The van der Waals surface area contributed by atoms with Gasteiger partial charge in [0.25, 0.3) is 0 Å². The zero-order valence-electron chi connectivity index (χ0n) is 14.4. The first-order valence-corrected chi connectivity index (χ1v) is 8.49. The monoisotopic (exact) mass is 341 g/mol. The van der Waals surface area contributed by atoms with E-state index in [1.165, 1.54) is 5.56 Å². The van der Waals surface area contributed by atoms with Gasteiger partial charge in [-0.3, -0.25) is 0 Å². The molecule has 2 heterocycles. The molecule has 1 unspecified atom stereocenters. The van der Waals surface area contributed by atoms with E-state index in [-0.39, 0.29) is 6.04 Å². The Hall–Kier alpha value is -3.47. The molecular weight excluding hydrogens is 322 g/mol. The molecule has 0 saturated heterocycles. The van der Waals surface area contributed by atoms with Crippen LogP contribution in [0.3, 0.4) is 0 Å². The van der Waals surface area contributed by atoms with E-state index in [9.17, 15) is 0 Å². The highest BCUT2D eigenvalue weighted by atomic mass is 15.0. The van der Waals surface area contributed by atoms with Gasteiger partial charge < -0.3 is 11.1 Å². The van der Waals surface area contributed by atoms with Crippen LogP contribution < -0.4 is 11.1 Å². The molecule has 0 aliphatic rings. The maximum absolute atomic E-state index is 5.69. The maximum atomic E-state index is 5.69. The minimum atomic E-state index is 0.135. The fourth-order valence-corrected chi connectivity index (χ4v) is 2.96. The highest BCUT2D eigenvalue weighted by Crippen LogP contribution is 2.28. The summed E-state index contributed by atoms with van der Waals surface area (Å²) in [5, 5.41) is 4.48. The predicted octanol–water partition coefficient (Wildman–Crippen LogP) is 4.45.